The summed E-state index contributed by atoms with van der Waals surface area (Å²) in [5.74, 6) is -2.15. The molecule has 4 N–H and O–H groups in total. The van der Waals surface area contributed by atoms with E-state index in [-0.39, 0.29) is 12.8 Å². The predicted molar refractivity (Wildman–Crippen MR) is 141 cm³/mol. The van der Waals surface area contributed by atoms with E-state index in [1.165, 1.54) is 6.92 Å². The molecule has 0 unspecified atom stereocenters. The SMILES string of the molecule is COC(=O)[C@H](NC(=O)[C@H](Cc1ccccc1)NC(=O)[C@@H](Cc1ccccc1)NC(=O)OC(C)(C)C)[C@H](C)O. The van der Waals surface area contributed by atoms with Gasteiger partial charge in [-0.05, 0) is 38.8 Å². The zero-order valence-corrected chi connectivity index (χ0v) is 22.4. The van der Waals surface area contributed by atoms with Gasteiger partial charge in [-0.3, -0.25) is 9.59 Å². The van der Waals surface area contributed by atoms with E-state index in [1.807, 2.05) is 36.4 Å². The van der Waals surface area contributed by atoms with Gasteiger partial charge in [-0.1, -0.05) is 60.7 Å². The van der Waals surface area contributed by atoms with Crippen LogP contribution in [0, 0.1) is 0 Å². The molecule has 0 aliphatic carbocycles. The van der Waals surface area contributed by atoms with E-state index in [0.29, 0.717) is 0 Å². The molecule has 2 rings (SSSR count). The lowest BCUT2D eigenvalue weighted by Gasteiger charge is -2.27. The van der Waals surface area contributed by atoms with Gasteiger partial charge in [0.25, 0.3) is 0 Å². The summed E-state index contributed by atoms with van der Waals surface area (Å²) in [7, 11) is 1.14. The summed E-state index contributed by atoms with van der Waals surface area (Å²) >= 11 is 0. The van der Waals surface area contributed by atoms with Crippen molar-refractivity contribution in [1.29, 1.82) is 0 Å². The second-order valence-electron chi connectivity index (χ2n) is 9.89. The van der Waals surface area contributed by atoms with Crippen LogP contribution in [0.1, 0.15) is 38.8 Å². The molecule has 10 nitrogen and oxygen atoms in total. The highest BCUT2D eigenvalue weighted by Gasteiger charge is 2.32. The van der Waals surface area contributed by atoms with E-state index in [9.17, 15) is 24.3 Å². The third kappa shape index (κ3) is 10.2. The molecule has 4 atom stereocenters. The molecular formula is C28H37N3O7. The van der Waals surface area contributed by atoms with Gasteiger partial charge in [0, 0.05) is 12.8 Å². The summed E-state index contributed by atoms with van der Waals surface area (Å²) in [6.07, 6.45) is -1.78. The number of esters is 1. The van der Waals surface area contributed by atoms with Gasteiger partial charge in [-0.15, -0.1) is 0 Å². The lowest BCUT2D eigenvalue weighted by atomic mass is 10.0. The first-order chi connectivity index (χ1) is 17.9. The summed E-state index contributed by atoms with van der Waals surface area (Å²) in [6.45, 7) is 6.46. The fourth-order valence-corrected chi connectivity index (χ4v) is 3.60. The molecular weight excluding hydrogens is 490 g/mol. The van der Waals surface area contributed by atoms with Crippen LogP contribution in [0.15, 0.2) is 60.7 Å². The Balaban J connectivity index is 2.30. The summed E-state index contributed by atoms with van der Waals surface area (Å²) in [5.41, 5.74) is 0.754. The van der Waals surface area contributed by atoms with Crippen molar-refractivity contribution in [3.05, 3.63) is 71.8 Å². The van der Waals surface area contributed by atoms with Gasteiger partial charge >= 0.3 is 12.1 Å². The van der Waals surface area contributed by atoms with Gasteiger partial charge in [-0.25, -0.2) is 9.59 Å². The van der Waals surface area contributed by atoms with E-state index >= 15 is 0 Å². The van der Waals surface area contributed by atoms with Gasteiger partial charge in [0.1, 0.15) is 17.7 Å². The van der Waals surface area contributed by atoms with Crippen LogP contribution in [0.2, 0.25) is 0 Å². The van der Waals surface area contributed by atoms with E-state index in [0.717, 1.165) is 18.2 Å². The molecule has 0 fully saturated rings. The lowest BCUT2D eigenvalue weighted by molar-refractivity contribution is -0.148. The number of benzene rings is 2. The van der Waals surface area contributed by atoms with Crippen molar-refractivity contribution in [3.63, 3.8) is 0 Å². The number of hydrogen-bond acceptors (Lipinski definition) is 7. The van der Waals surface area contributed by atoms with Crippen LogP contribution in [0.5, 0.6) is 0 Å². The molecule has 0 aliphatic rings. The molecule has 206 valence electrons. The zero-order valence-electron chi connectivity index (χ0n) is 22.4. The molecule has 0 radical (unpaired) electrons. The number of nitrogens with one attached hydrogen (secondary N) is 3. The van der Waals surface area contributed by atoms with Crippen molar-refractivity contribution in [2.45, 2.75) is 70.4 Å². The molecule has 0 aliphatic heterocycles. The first-order valence-corrected chi connectivity index (χ1v) is 12.3. The van der Waals surface area contributed by atoms with Crippen LogP contribution < -0.4 is 16.0 Å². The number of amides is 3. The summed E-state index contributed by atoms with van der Waals surface area (Å²) in [6, 6.07) is 14.5. The Morgan fingerprint density at radius 3 is 1.66 bits per heavy atom. The number of aliphatic hydroxyl groups excluding tert-OH is 1. The van der Waals surface area contributed by atoms with Crippen LogP contribution in [0.3, 0.4) is 0 Å². The zero-order chi connectivity index (χ0) is 28.3. The van der Waals surface area contributed by atoms with Gasteiger partial charge in [-0.2, -0.15) is 0 Å². The van der Waals surface area contributed by atoms with Gasteiger partial charge in [0.2, 0.25) is 11.8 Å². The molecule has 38 heavy (non-hydrogen) atoms. The van der Waals surface area contributed by atoms with Crippen molar-refractivity contribution in [1.82, 2.24) is 16.0 Å². The number of aliphatic hydroxyl groups is 1. The number of carbonyl (C=O) groups is 4. The van der Waals surface area contributed by atoms with E-state index in [4.69, 9.17) is 4.74 Å². The number of methoxy groups -OCH3 is 1. The quantitative estimate of drug-likeness (QED) is 0.327. The van der Waals surface area contributed by atoms with Crippen molar-refractivity contribution in [3.8, 4) is 0 Å². The maximum absolute atomic E-state index is 13.5. The Labute approximate surface area is 223 Å². The van der Waals surface area contributed by atoms with Crippen molar-refractivity contribution in [2.75, 3.05) is 7.11 Å². The van der Waals surface area contributed by atoms with E-state index in [1.54, 1.807) is 45.0 Å². The minimum atomic E-state index is -1.33. The van der Waals surface area contributed by atoms with Crippen molar-refractivity contribution < 1.29 is 33.8 Å². The lowest BCUT2D eigenvalue weighted by Crippen LogP contribution is -2.58. The van der Waals surface area contributed by atoms with Gasteiger partial charge < -0.3 is 30.5 Å². The number of rotatable bonds is 11. The van der Waals surface area contributed by atoms with Crippen LogP contribution in [0.4, 0.5) is 4.79 Å². The molecule has 2 aromatic rings. The van der Waals surface area contributed by atoms with Crippen LogP contribution >= 0.6 is 0 Å². The first-order valence-electron chi connectivity index (χ1n) is 12.3. The fraction of sp³-hybridized carbons (Fsp3) is 0.429. The van der Waals surface area contributed by atoms with Crippen molar-refractivity contribution in [2.24, 2.45) is 0 Å². The minimum absolute atomic E-state index is 0.0939. The minimum Gasteiger partial charge on any atom is -0.467 e. The maximum atomic E-state index is 13.5. The average Bonchev–Trinajstić information content (AvgIpc) is 2.85. The molecule has 2 aromatic carbocycles. The normalized spacial score (nSPS) is 14.3. The number of alkyl carbamates (subject to hydrolysis) is 1. The molecule has 0 heterocycles. The molecule has 10 heteroatoms. The highest BCUT2D eigenvalue weighted by Crippen LogP contribution is 2.10. The third-order valence-electron chi connectivity index (χ3n) is 5.44. The Morgan fingerprint density at radius 2 is 1.24 bits per heavy atom. The first kappa shape index (κ1) is 30.3. The second-order valence-corrected chi connectivity index (χ2v) is 9.89. The highest BCUT2D eigenvalue weighted by atomic mass is 16.6. The Bertz CT molecular complexity index is 1070. The molecule has 0 spiro atoms. The molecule has 0 aromatic heterocycles. The predicted octanol–water partition coefficient (Wildman–Crippen LogP) is 1.89. The molecule has 3 amide bonds. The maximum Gasteiger partial charge on any atom is 0.408 e. The number of hydrogen-bond donors (Lipinski definition) is 4. The van der Waals surface area contributed by atoms with Gasteiger partial charge in [0.05, 0.1) is 13.2 Å². The largest absolute Gasteiger partial charge is 0.467 e. The van der Waals surface area contributed by atoms with E-state index < -0.39 is 53.7 Å². The van der Waals surface area contributed by atoms with Crippen LogP contribution in [-0.4, -0.2) is 65.9 Å². The Hall–Kier alpha value is -3.92. The highest BCUT2D eigenvalue weighted by molar-refractivity contribution is 5.93. The van der Waals surface area contributed by atoms with Crippen LogP contribution in [0.25, 0.3) is 0 Å². The number of carbonyl (C=O) groups excluding carboxylic acids is 4. The number of ether oxygens (including phenoxy) is 2. The van der Waals surface area contributed by atoms with Gasteiger partial charge in [0.15, 0.2) is 6.04 Å². The summed E-state index contributed by atoms with van der Waals surface area (Å²) < 4.78 is 10.0. The molecule has 0 saturated heterocycles. The fourth-order valence-electron chi connectivity index (χ4n) is 3.60. The Kier molecular flexibility index (Phi) is 11.3. The van der Waals surface area contributed by atoms with E-state index in [2.05, 4.69) is 20.7 Å². The standard InChI is InChI=1S/C28H37N3O7/c1-18(32)23(26(35)37-5)31-25(34)21(16-19-12-8-6-9-13-19)29-24(33)22(17-20-14-10-7-11-15-20)30-27(36)38-28(2,3)4/h6-15,18,21-23,32H,16-17H2,1-5H3,(H,29,33)(H,30,36)(H,31,34)/t18-,21-,22+,23+/m0/s1. The monoisotopic (exact) mass is 527 g/mol. The third-order valence-corrected chi connectivity index (χ3v) is 5.44. The average molecular weight is 528 g/mol. The van der Waals surface area contributed by atoms with Crippen LogP contribution in [-0.2, 0) is 36.7 Å². The summed E-state index contributed by atoms with van der Waals surface area (Å²) in [5, 5.41) is 17.8. The van der Waals surface area contributed by atoms with Crippen molar-refractivity contribution >= 4 is 23.9 Å². The molecule has 0 saturated carbocycles. The summed E-state index contributed by atoms with van der Waals surface area (Å²) in [4.78, 5) is 51.3. The second kappa shape index (κ2) is 14.1. The molecule has 0 bridgehead atoms. The topological polar surface area (TPSA) is 143 Å². The smallest absolute Gasteiger partial charge is 0.408 e. The Morgan fingerprint density at radius 1 is 0.789 bits per heavy atom.